The van der Waals surface area contributed by atoms with E-state index in [-0.39, 0.29) is 5.91 Å². The van der Waals surface area contributed by atoms with E-state index in [2.05, 4.69) is 27.5 Å². The Morgan fingerprint density at radius 2 is 1.88 bits per heavy atom. The summed E-state index contributed by atoms with van der Waals surface area (Å²) in [6, 6.07) is 17.4. The molecule has 1 amide bonds. The van der Waals surface area contributed by atoms with Crippen molar-refractivity contribution < 1.29 is 4.79 Å². The van der Waals surface area contributed by atoms with Gasteiger partial charge in [-0.1, -0.05) is 30.3 Å². The van der Waals surface area contributed by atoms with Crippen molar-refractivity contribution in [3.8, 4) is 5.82 Å². The van der Waals surface area contributed by atoms with Crippen LogP contribution in [0, 0.1) is 0 Å². The summed E-state index contributed by atoms with van der Waals surface area (Å²) in [6.45, 7) is 0.730. The number of hydrogen-bond acceptors (Lipinski definition) is 3. The number of hydrogen-bond donors (Lipinski definition) is 1. The molecule has 1 aromatic carbocycles. The molecular weight excluding hydrogens is 326 g/mol. The number of aromatic nitrogens is 4. The Hall–Kier alpha value is -3.67. The van der Waals surface area contributed by atoms with E-state index in [0.29, 0.717) is 17.1 Å². The zero-order valence-corrected chi connectivity index (χ0v) is 14.0. The predicted octanol–water partition coefficient (Wildman–Crippen LogP) is 3.37. The molecule has 4 rings (SSSR count). The summed E-state index contributed by atoms with van der Waals surface area (Å²) in [6.07, 6.45) is 8.87. The molecule has 0 spiro atoms. The smallest absolute Gasteiger partial charge is 0.257 e. The van der Waals surface area contributed by atoms with Crippen LogP contribution in [0.2, 0.25) is 0 Å². The molecule has 0 unspecified atom stereocenters. The Bertz CT molecular complexity index is 988. The highest BCUT2D eigenvalue weighted by molar-refractivity contribution is 6.04. The Morgan fingerprint density at radius 3 is 2.62 bits per heavy atom. The largest absolute Gasteiger partial charge is 0.349 e. The summed E-state index contributed by atoms with van der Waals surface area (Å²) in [5.41, 5.74) is 2.44. The summed E-state index contributed by atoms with van der Waals surface area (Å²) in [5.74, 6) is 0.535. The number of carbonyl (C=O) groups is 1. The second-order valence-corrected chi connectivity index (χ2v) is 5.87. The van der Waals surface area contributed by atoms with Crippen LogP contribution >= 0.6 is 0 Å². The topological polar surface area (TPSA) is 64.7 Å². The molecule has 0 fully saturated rings. The standard InChI is InChI=1S/C20H17N5O/c26-20(17-9-12-24(15-17)14-16-5-2-1-3-6-16)23-18-7-8-19(21-13-18)25-11-4-10-22-25/h1-13,15H,14H2,(H,23,26). The normalized spacial score (nSPS) is 10.6. The summed E-state index contributed by atoms with van der Waals surface area (Å²) in [7, 11) is 0. The molecule has 0 saturated heterocycles. The second-order valence-electron chi connectivity index (χ2n) is 5.87. The monoisotopic (exact) mass is 343 g/mol. The lowest BCUT2D eigenvalue weighted by molar-refractivity contribution is 0.102. The van der Waals surface area contributed by atoms with Crippen LogP contribution in [0.25, 0.3) is 5.82 Å². The summed E-state index contributed by atoms with van der Waals surface area (Å²) < 4.78 is 3.65. The van der Waals surface area contributed by atoms with Crippen LogP contribution in [-0.2, 0) is 6.54 Å². The van der Waals surface area contributed by atoms with E-state index >= 15 is 0 Å². The number of nitrogens with one attached hydrogen (secondary N) is 1. The van der Waals surface area contributed by atoms with E-state index in [4.69, 9.17) is 0 Å². The van der Waals surface area contributed by atoms with Gasteiger partial charge in [-0.25, -0.2) is 9.67 Å². The van der Waals surface area contributed by atoms with Gasteiger partial charge in [0.25, 0.3) is 5.91 Å². The SMILES string of the molecule is O=C(Nc1ccc(-n2cccn2)nc1)c1ccn(Cc2ccccc2)c1. The van der Waals surface area contributed by atoms with E-state index in [1.807, 2.05) is 65.6 Å². The summed E-state index contributed by atoms with van der Waals surface area (Å²) >= 11 is 0. The average molecular weight is 343 g/mol. The molecule has 0 aliphatic heterocycles. The molecule has 3 heterocycles. The number of anilines is 1. The van der Waals surface area contributed by atoms with Gasteiger partial charge in [0.05, 0.1) is 17.4 Å². The molecule has 26 heavy (non-hydrogen) atoms. The lowest BCUT2D eigenvalue weighted by atomic mass is 10.2. The van der Waals surface area contributed by atoms with Gasteiger partial charge in [0.2, 0.25) is 0 Å². The van der Waals surface area contributed by atoms with Crippen LogP contribution in [0.5, 0.6) is 0 Å². The van der Waals surface area contributed by atoms with Gasteiger partial charge >= 0.3 is 0 Å². The minimum atomic E-state index is -0.162. The van der Waals surface area contributed by atoms with Gasteiger partial charge in [-0.05, 0) is 29.8 Å². The third-order valence-electron chi connectivity index (χ3n) is 3.97. The first-order chi connectivity index (χ1) is 12.8. The van der Waals surface area contributed by atoms with Crippen molar-refractivity contribution in [3.05, 3.63) is 96.7 Å². The van der Waals surface area contributed by atoms with Gasteiger partial charge in [-0.15, -0.1) is 0 Å². The molecule has 4 aromatic rings. The van der Waals surface area contributed by atoms with Crippen LogP contribution in [-0.4, -0.2) is 25.2 Å². The van der Waals surface area contributed by atoms with Crippen LogP contribution in [0.4, 0.5) is 5.69 Å². The Labute approximate surface area is 150 Å². The highest BCUT2D eigenvalue weighted by Crippen LogP contribution is 2.12. The fourth-order valence-corrected chi connectivity index (χ4v) is 2.67. The molecule has 6 nitrogen and oxygen atoms in total. The Balaban J connectivity index is 1.42. The van der Waals surface area contributed by atoms with Crippen LogP contribution in [0.3, 0.4) is 0 Å². The zero-order chi connectivity index (χ0) is 17.8. The van der Waals surface area contributed by atoms with Gasteiger partial charge in [0, 0.05) is 31.3 Å². The van der Waals surface area contributed by atoms with E-state index in [1.165, 1.54) is 5.56 Å². The fourth-order valence-electron chi connectivity index (χ4n) is 2.67. The number of amides is 1. The molecule has 0 atom stereocenters. The molecule has 0 radical (unpaired) electrons. The first-order valence-corrected chi connectivity index (χ1v) is 8.25. The highest BCUT2D eigenvalue weighted by atomic mass is 16.1. The van der Waals surface area contributed by atoms with Gasteiger partial charge < -0.3 is 9.88 Å². The van der Waals surface area contributed by atoms with Crippen molar-refractivity contribution in [1.82, 2.24) is 19.3 Å². The number of rotatable bonds is 5. The van der Waals surface area contributed by atoms with Crippen molar-refractivity contribution in [3.63, 3.8) is 0 Å². The van der Waals surface area contributed by atoms with Crippen molar-refractivity contribution in [2.45, 2.75) is 6.54 Å². The van der Waals surface area contributed by atoms with E-state index in [1.54, 1.807) is 17.1 Å². The second kappa shape index (κ2) is 7.06. The summed E-state index contributed by atoms with van der Waals surface area (Å²) in [4.78, 5) is 16.7. The lowest BCUT2D eigenvalue weighted by Gasteiger charge is -2.05. The first-order valence-electron chi connectivity index (χ1n) is 8.25. The molecule has 3 aromatic heterocycles. The van der Waals surface area contributed by atoms with Gasteiger partial charge in [-0.3, -0.25) is 4.79 Å². The number of carbonyl (C=O) groups excluding carboxylic acids is 1. The number of benzene rings is 1. The lowest BCUT2D eigenvalue weighted by Crippen LogP contribution is -2.11. The molecule has 0 aliphatic carbocycles. The van der Waals surface area contributed by atoms with Crippen molar-refractivity contribution in [2.24, 2.45) is 0 Å². The molecule has 0 saturated carbocycles. The fraction of sp³-hybridized carbons (Fsp3) is 0.0500. The van der Waals surface area contributed by atoms with Crippen molar-refractivity contribution >= 4 is 11.6 Å². The first kappa shape index (κ1) is 15.8. The molecular formula is C20H17N5O. The Kier molecular flexibility index (Phi) is 4.30. The van der Waals surface area contributed by atoms with Crippen LogP contribution in [0.1, 0.15) is 15.9 Å². The number of pyridine rings is 1. The maximum atomic E-state index is 12.4. The maximum Gasteiger partial charge on any atom is 0.257 e. The summed E-state index contributed by atoms with van der Waals surface area (Å²) in [5, 5.41) is 6.99. The minimum absolute atomic E-state index is 0.162. The van der Waals surface area contributed by atoms with Gasteiger partial charge in [-0.2, -0.15) is 5.10 Å². The quantitative estimate of drug-likeness (QED) is 0.604. The van der Waals surface area contributed by atoms with Gasteiger partial charge in [0.1, 0.15) is 0 Å². The third kappa shape index (κ3) is 3.54. The van der Waals surface area contributed by atoms with Crippen LogP contribution in [0.15, 0.2) is 85.6 Å². The van der Waals surface area contributed by atoms with Gasteiger partial charge in [0.15, 0.2) is 5.82 Å². The predicted molar refractivity (Wildman–Crippen MR) is 99.3 cm³/mol. The zero-order valence-electron chi connectivity index (χ0n) is 14.0. The van der Waals surface area contributed by atoms with E-state index in [9.17, 15) is 4.79 Å². The van der Waals surface area contributed by atoms with Crippen molar-refractivity contribution in [1.29, 1.82) is 0 Å². The molecule has 128 valence electrons. The maximum absolute atomic E-state index is 12.4. The highest BCUT2D eigenvalue weighted by Gasteiger charge is 2.09. The molecule has 0 bridgehead atoms. The van der Waals surface area contributed by atoms with Crippen molar-refractivity contribution in [2.75, 3.05) is 5.32 Å². The third-order valence-corrected chi connectivity index (χ3v) is 3.97. The minimum Gasteiger partial charge on any atom is -0.349 e. The van der Waals surface area contributed by atoms with E-state index in [0.717, 1.165) is 6.54 Å². The molecule has 6 heteroatoms. The average Bonchev–Trinajstić information content (AvgIpc) is 3.35. The molecule has 1 N–H and O–H groups in total. The van der Waals surface area contributed by atoms with E-state index < -0.39 is 0 Å². The number of nitrogens with zero attached hydrogens (tertiary/aromatic N) is 4. The van der Waals surface area contributed by atoms with Crippen LogP contribution < -0.4 is 5.32 Å². The Morgan fingerprint density at radius 1 is 1.00 bits per heavy atom. The molecule has 0 aliphatic rings.